The third-order valence-electron chi connectivity index (χ3n) is 3.27. The summed E-state index contributed by atoms with van der Waals surface area (Å²) in [5.41, 5.74) is 2.69. The molecule has 0 bridgehead atoms. The predicted molar refractivity (Wildman–Crippen MR) is 93.0 cm³/mol. The van der Waals surface area contributed by atoms with E-state index >= 15 is 0 Å². The lowest BCUT2D eigenvalue weighted by molar-refractivity contribution is 0.529. The fourth-order valence-corrected chi connectivity index (χ4v) is 2.71. The van der Waals surface area contributed by atoms with Crippen molar-refractivity contribution in [1.82, 2.24) is 5.32 Å². The fraction of sp³-hybridized carbons (Fsp3) is 0.294. The van der Waals surface area contributed by atoms with Crippen LogP contribution in [0.2, 0.25) is 0 Å². The number of rotatable bonds is 6. The summed E-state index contributed by atoms with van der Waals surface area (Å²) in [7, 11) is 0. The van der Waals surface area contributed by atoms with Crippen LogP contribution in [-0.2, 0) is 6.42 Å². The van der Waals surface area contributed by atoms with E-state index in [1.165, 1.54) is 11.1 Å². The van der Waals surface area contributed by atoms with Crippen molar-refractivity contribution in [2.75, 3.05) is 6.54 Å². The molecule has 0 aliphatic rings. The van der Waals surface area contributed by atoms with Gasteiger partial charge in [-0.2, -0.15) is 0 Å². The molecule has 0 aliphatic heterocycles. The van der Waals surface area contributed by atoms with Gasteiger partial charge in [0.2, 0.25) is 0 Å². The van der Waals surface area contributed by atoms with Crippen LogP contribution < -0.4 is 5.32 Å². The molecule has 3 heteroatoms. The van der Waals surface area contributed by atoms with Crippen LogP contribution in [0.3, 0.4) is 0 Å². The highest BCUT2D eigenvalue weighted by Gasteiger charge is 2.11. The van der Waals surface area contributed by atoms with Gasteiger partial charge in [-0.15, -0.1) is 0 Å². The number of halogens is 2. The smallest absolute Gasteiger partial charge is 0.0360 e. The summed E-state index contributed by atoms with van der Waals surface area (Å²) in [6.45, 7) is 3.24. The summed E-state index contributed by atoms with van der Waals surface area (Å²) in [4.78, 5) is 0. The van der Waals surface area contributed by atoms with E-state index in [0.717, 1.165) is 28.3 Å². The van der Waals surface area contributed by atoms with Gasteiger partial charge < -0.3 is 5.32 Å². The van der Waals surface area contributed by atoms with Crippen molar-refractivity contribution in [3.63, 3.8) is 0 Å². The monoisotopic (exact) mass is 395 g/mol. The maximum absolute atomic E-state index is 3.64. The van der Waals surface area contributed by atoms with Crippen LogP contribution in [0.15, 0.2) is 57.5 Å². The van der Waals surface area contributed by atoms with Crippen LogP contribution in [0.1, 0.15) is 30.5 Å². The Kier molecular flexibility index (Phi) is 6.27. The maximum Gasteiger partial charge on any atom is 0.0360 e. The van der Waals surface area contributed by atoms with Crippen LogP contribution in [0.25, 0.3) is 0 Å². The first kappa shape index (κ1) is 15.7. The molecule has 0 spiro atoms. The van der Waals surface area contributed by atoms with Gasteiger partial charge in [-0.1, -0.05) is 63.0 Å². The molecule has 2 rings (SSSR count). The molecule has 0 aliphatic carbocycles. The second kappa shape index (κ2) is 7.96. The van der Waals surface area contributed by atoms with Gasteiger partial charge in [0.25, 0.3) is 0 Å². The molecule has 0 amide bonds. The third kappa shape index (κ3) is 4.72. The molecule has 106 valence electrons. The quantitative estimate of drug-likeness (QED) is 0.680. The van der Waals surface area contributed by atoms with E-state index in [1.807, 2.05) is 0 Å². The summed E-state index contributed by atoms with van der Waals surface area (Å²) >= 11 is 6.98. The van der Waals surface area contributed by atoms with Gasteiger partial charge in [-0.3, -0.25) is 0 Å². The Morgan fingerprint density at radius 3 is 2.00 bits per heavy atom. The SMILES string of the molecule is CCCNC(Cc1ccc(Br)cc1)c1ccc(Br)cc1. The second-order valence-electron chi connectivity index (χ2n) is 4.89. The van der Waals surface area contributed by atoms with Crippen molar-refractivity contribution >= 4 is 31.9 Å². The van der Waals surface area contributed by atoms with Gasteiger partial charge in [0.15, 0.2) is 0 Å². The van der Waals surface area contributed by atoms with Crippen molar-refractivity contribution in [3.8, 4) is 0 Å². The number of hydrogen-bond donors (Lipinski definition) is 1. The molecular formula is C17H19Br2N. The highest BCUT2D eigenvalue weighted by molar-refractivity contribution is 9.10. The maximum atomic E-state index is 3.64. The highest BCUT2D eigenvalue weighted by Crippen LogP contribution is 2.22. The van der Waals surface area contributed by atoms with Crippen LogP contribution >= 0.6 is 31.9 Å². The molecule has 0 saturated heterocycles. The number of benzene rings is 2. The van der Waals surface area contributed by atoms with Crippen molar-refractivity contribution in [1.29, 1.82) is 0 Å². The van der Waals surface area contributed by atoms with Crippen molar-refractivity contribution in [2.24, 2.45) is 0 Å². The molecule has 20 heavy (non-hydrogen) atoms. The molecule has 2 aromatic carbocycles. The standard InChI is InChI=1S/C17H19Br2N/c1-2-11-20-17(14-5-9-16(19)10-6-14)12-13-3-7-15(18)8-4-13/h3-10,17,20H,2,11-12H2,1H3. The molecule has 0 fully saturated rings. The van der Waals surface area contributed by atoms with E-state index in [9.17, 15) is 0 Å². The first-order valence-corrected chi connectivity index (χ1v) is 8.51. The van der Waals surface area contributed by atoms with E-state index in [0.29, 0.717) is 6.04 Å². The van der Waals surface area contributed by atoms with Gasteiger partial charge >= 0.3 is 0 Å². The Morgan fingerprint density at radius 1 is 0.900 bits per heavy atom. The van der Waals surface area contributed by atoms with Gasteiger partial charge in [0, 0.05) is 15.0 Å². The molecule has 0 radical (unpaired) electrons. The Labute approximate surface area is 138 Å². The minimum Gasteiger partial charge on any atom is -0.310 e. The zero-order chi connectivity index (χ0) is 14.4. The van der Waals surface area contributed by atoms with Gasteiger partial charge in [-0.05, 0) is 54.8 Å². The Balaban J connectivity index is 2.14. The van der Waals surface area contributed by atoms with E-state index in [4.69, 9.17) is 0 Å². The minimum absolute atomic E-state index is 0.365. The molecule has 1 N–H and O–H groups in total. The van der Waals surface area contributed by atoms with E-state index in [1.54, 1.807) is 0 Å². The van der Waals surface area contributed by atoms with E-state index in [-0.39, 0.29) is 0 Å². The first-order chi connectivity index (χ1) is 9.69. The third-order valence-corrected chi connectivity index (χ3v) is 4.32. The molecule has 1 unspecified atom stereocenters. The van der Waals surface area contributed by atoms with Crippen LogP contribution in [0.4, 0.5) is 0 Å². The molecule has 1 nitrogen and oxygen atoms in total. The molecule has 1 atom stereocenters. The minimum atomic E-state index is 0.365. The summed E-state index contributed by atoms with van der Waals surface area (Å²) in [6.07, 6.45) is 2.16. The lowest BCUT2D eigenvalue weighted by atomic mass is 9.99. The Bertz CT molecular complexity index is 520. The first-order valence-electron chi connectivity index (χ1n) is 6.92. The predicted octanol–water partition coefficient (Wildman–Crippen LogP) is 5.50. The number of hydrogen-bond acceptors (Lipinski definition) is 1. The lowest BCUT2D eigenvalue weighted by Gasteiger charge is -2.19. The largest absolute Gasteiger partial charge is 0.310 e. The summed E-state index contributed by atoms with van der Waals surface area (Å²) in [5, 5.41) is 3.64. The van der Waals surface area contributed by atoms with Crippen molar-refractivity contribution < 1.29 is 0 Å². The zero-order valence-electron chi connectivity index (χ0n) is 11.6. The highest BCUT2D eigenvalue weighted by atomic mass is 79.9. The average molecular weight is 397 g/mol. The van der Waals surface area contributed by atoms with E-state index in [2.05, 4.69) is 92.6 Å². The summed E-state index contributed by atoms with van der Waals surface area (Å²) in [5.74, 6) is 0. The van der Waals surface area contributed by atoms with Crippen molar-refractivity contribution in [2.45, 2.75) is 25.8 Å². The van der Waals surface area contributed by atoms with Crippen molar-refractivity contribution in [3.05, 3.63) is 68.6 Å². The molecule has 0 aromatic heterocycles. The Hall–Kier alpha value is -0.640. The fourth-order valence-electron chi connectivity index (χ4n) is 2.18. The average Bonchev–Trinajstić information content (AvgIpc) is 2.46. The van der Waals surface area contributed by atoms with Gasteiger partial charge in [0.05, 0.1) is 0 Å². The normalized spacial score (nSPS) is 12.3. The molecular weight excluding hydrogens is 378 g/mol. The number of nitrogens with one attached hydrogen (secondary N) is 1. The Morgan fingerprint density at radius 2 is 1.45 bits per heavy atom. The van der Waals surface area contributed by atoms with E-state index < -0.39 is 0 Å². The molecule has 0 saturated carbocycles. The second-order valence-corrected chi connectivity index (χ2v) is 6.72. The van der Waals surface area contributed by atoms with Crippen LogP contribution in [0, 0.1) is 0 Å². The molecule has 2 aromatic rings. The van der Waals surface area contributed by atoms with Gasteiger partial charge in [-0.25, -0.2) is 0 Å². The van der Waals surface area contributed by atoms with Gasteiger partial charge in [0.1, 0.15) is 0 Å². The topological polar surface area (TPSA) is 12.0 Å². The summed E-state index contributed by atoms with van der Waals surface area (Å²) in [6, 6.07) is 17.5. The molecule has 0 heterocycles. The van der Waals surface area contributed by atoms with Crippen LogP contribution in [0.5, 0.6) is 0 Å². The zero-order valence-corrected chi connectivity index (χ0v) is 14.7. The van der Waals surface area contributed by atoms with Crippen LogP contribution in [-0.4, -0.2) is 6.54 Å². The lowest BCUT2D eigenvalue weighted by Crippen LogP contribution is -2.24. The summed E-state index contributed by atoms with van der Waals surface area (Å²) < 4.78 is 2.25.